The number of hydrogen-bond donors (Lipinski definition) is 0. The highest BCUT2D eigenvalue weighted by molar-refractivity contribution is 5.69. The van der Waals surface area contributed by atoms with Crippen molar-refractivity contribution >= 4 is 6.09 Å². The number of fused-ring (bicyclic) bond motifs is 1. The molecule has 0 bridgehead atoms. The van der Waals surface area contributed by atoms with E-state index in [0.29, 0.717) is 18.9 Å². The minimum absolute atomic E-state index is 0.242. The maximum absolute atomic E-state index is 12.7. The maximum atomic E-state index is 12.7. The van der Waals surface area contributed by atoms with Crippen molar-refractivity contribution in [1.82, 2.24) is 19.7 Å². The van der Waals surface area contributed by atoms with Gasteiger partial charge in [0.2, 0.25) is 0 Å². The molecule has 1 aromatic heterocycles. The summed E-state index contributed by atoms with van der Waals surface area (Å²) in [7, 11) is 0. The molecule has 1 fully saturated rings. The molecule has 0 unspecified atom stereocenters. The summed E-state index contributed by atoms with van der Waals surface area (Å²) < 4.78 is 7.87. The first-order valence-electron chi connectivity index (χ1n) is 9.10. The van der Waals surface area contributed by atoms with E-state index in [9.17, 15) is 4.79 Å². The number of ether oxygens (including phenoxy) is 1. The Labute approximate surface area is 144 Å². The zero-order valence-corrected chi connectivity index (χ0v) is 15.6. The third-order valence-corrected chi connectivity index (χ3v) is 5.06. The van der Waals surface area contributed by atoms with Crippen molar-refractivity contribution in [2.24, 2.45) is 0 Å². The van der Waals surface area contributed by atoms with E-state index in [-0.39, 0.29) is 11.6 Å². The first kappa shape index (κ1) is 17.2. The molecule has 6 heteroatoms. The van der Waals surface area contributed by atoms with Gasteiger partial charge in [-0.15, -0.1) is 10.2 Å². The number of hydrogen-bond acceptors (Lipinski definition) is 4. The highest BCUT2D eigenvalue weighted by Gasteiger charge is 2.38. The Morgan fingerprint density at radius 1 is 1.17 bits per heavy atom. The molecule has 2 aliphatic rings. The summed E-state index contributed by atoms with van der Waals surface area (Å²) >= 11 is 0. The van der Waals surface area contributed by atoms with Crippen LogP contribution in [0.2, 0.25) is 0 Å². The van der Waals surface area contributed by atoms with Gasteiger partial charge in [0.25, 0.3) is 0 Å². The van der Waals surface area contributed by atoms with Crippen LogP contribution in [0.25, 0.3) is 0 Å². The summed E-state index contributed by atoms with van der Waals surface area (Å²) in [6, 6.07) is 0. The number of amides is 1. The molecule has 1 aromatic rings. The highest BCUT2D eigenvalue weighted by atomic mass is 16.6. The van der Waals surface area contributed by atoms with Gasteiger partial charge in [-0.1, -0.05) is 12.8 Å². The standard InChI is InChI=1S/C18H30N4O2/c1-17(2,3)24-16(23)22-11-10-21-14(12-18(22,4)5)19-20-15(21)13-8-6-7-9-13/h13H,6-12H2,1-5H3. The second kappa shape index (κ2) is 6.05. The molecule has 0 aromatic carbocycles. The fraction of sp³-hybridized carbons (Fsp3) is 0.833. The van der Waals surface area contributed by atoms with Crippen molar-refractivity contribution in [2.75, 3.05) is 6.54 Å². The minimum atomic E-state index is -0.483. The van der Waals surface area contributed by atoms with Gasteiger partial charge >= 0.3 is 6.09 Å². The van der Waals surface area contributed by atoms with Crippen LogP contribution in [0.1, 0.15) is 77.9 Å². The first-order chi connectivity index (χ1) is 11.2. The Morgan fingerprint density at radius 3 is 2.46 bits per heavy atom. The van der Waals surface area contributed by atoms with Crippen LogP contribution in [-0.2, 0) is 17.7 Å². The molecule has 3 rings (SSSR count). The Balaban J connectivity index is 1.82. The zero-order valence-electron chi connectivity index (χ0n) is 15.6. The van der Waals surface area contributed by atoms with Gasteiger partial charge in [-0.2, -0.15) is 0 Å². The molecule has 1 saturated carbocycles. The van der Waals surface area contributed by atoms with Crippen molar-refractivity contribution in [2.45, 2.75) is 90.3 Å². The lowest BCUT2D eigenvalue weighted by Gasteiger charge is -2.37. The molecule has 1 amide bonds. The smallest absolute Gasteiger partial charge is 0.410 e. The first-order valence-corrected chi connectivity index (χ1v) is 9.10. The van der Waals surface area contributed by atoms with Gasteiger partial charge in [0, 0.05) is 31.0 Å². The van der Waals surface area contributed by atoms with E-state index in [1.165, 1.54) is 25.7 Å². The summed E-state index contributed by atoms with van der Waals surface area (Å²) in [4.78, 5) is 14.5. The Bertz CT molecular complexity index is 609. The monoisotopic (exact) mass is 334 g/mol. The van der Waals surface area contributed by atoms with Gasteiger partial charge in [0.05, 0.1) is 0 Å². The van der Waals surface area contributed by atoms with Crippen LogP contribution in [-0.4, -0.2) is 43.4 Å². The van der Waals surface area contributed by atoms with E-state index >= 15 is 0 Å². The number of nitrogens with zero attached hydrogens (tertiary/aromatic N) is 4. The van der Waals surface area contributed by atoms with Crippen LogP contribution in [0.5, 0.6) is 0 Å². The molecule has 0 spiro atoms. The van der Waals surface area contributed by atoms with Crippen LogP contribution < -0.4 is 0 Å². The maximum Gasteiger partial charge on any atom is 0.410 e. The summed E-state index contributed by atoms with van der Waals surface area (Å²) in [5, 5.41) is 8.95. The van der Waals surface area contributed by atoms with Crippen LogP contribution in [0.15, 0.2) is 0 Å². The second-order valence-corrected chi connectivity index (χ2v) is 8.73. The summed E-state index contributed by atoms with van der Waals surface area (Å²) in [5.41, 5.74) is -0.819. The lowest BCUT2D eigenvalue weighted by molar-refractivity contribution is 0.00405. The largest absolute Gasteiger partial charge is 0.444 e. The fourth-order valence-corrected chi connectivity index (χ4v) is 3.85. The summed E-state index contributed by atoms with van der Waals surface area (Å²) in [6.45, 7) is 11.3. The lowest BCUT2D eigenvalue weighted by Crippen LogP contribution is -2.50. The van der Waals surface area contributed by atoms with Crippen molar-refractivity contribution in [3.05, 3.63) is 11.6 Å². The van der Waals surface area contributed by atoms with Gasteiger partial charge in [-0.05, 0) is 47.5 Å². The number of rotatable bonds is 1. The average Bonchev–Trinajstić information content (AvgIpc) is 3.04. The molecule has 1 aliphatic heterocycles. The van der Waals surface area contributed by atoms with Crippen LogP contribution in [0.4, 0.5) is 4.79 Å². The van der Waals surface area contributed by atoms with E-state index in [2.05, 4.69) is 28.6 Å². The van der Waals surface area contributed by atoms with Crippen molar-refractivity contribution in [3.63, 3.8) is 0 Å². The van der Waals surface area contributed by atoms with Gasteiger partial charge in [0.15, 0.2) is 0 Å². The van der Waals surface area contributed by atoms with Gasteiger partial charge in [-0.3, -0.25) is 0 Å². The van der Waals surface area contributed by atoms with Gasteiger partial charge in [-0.25, -0.2) is 4.79 Å². The quantitative estimate of drug-likeness (QED) is 0.788. The Hall–Kier alpha value is -1.59. The van der Waals surface area contributed by atoms with E-state index in [0.717, 1.165) is 18.2 Å². The molecule has 1 aliphatic carbocycles. The van der Waals surface area contributed by atoms with E-state index in [4.69, 9.17) is 4.74 Å². The van der Waals surface area contributed by atoms with Crippen molar-refractivity contribution in [1.29, 1.82) is 0 Å². The summed E-state index contributed by atoms with van der Waals surface area (Å²) in [6.07, 6.45) is 5.43. The third-order valence-electron chi connectivity index (χ3n) is 5.06. The van der Waals surface area contributed by atoms with E-state index < -0.39 is 5.60 Å². The Kier molecular flexibility index (Phi) is 4.34. The molecular weight excluding hydrogens is 304 g/mol. The normalized spacial score (nSPS) is 21.5. The molecule has 2 heterocycles. The average molecular weight is 334 g/mol. The molecular formula is C18H30N4O2. The molecule has 0 saturated heterocycles. The van der Waals surface area contributed by atoms with E-state index in [1.807, 2.05) is 25.7 Å². The van der Waals surface area contributed by atoms with Gasteiger partial charge in [0.1, 0.15) is 17.2 Å². The second-order valence-electron chi connectivity index (χ2n) is 8.73. The predicted molar refractivity (Wildman–Crippen MR) is 92.0 cm³/mol. The topological polar surface area (TPSA) is 60.2 Å². The molecule has 134 valence electrons. The minimum Gasteiger partial charge on any atom is -0.444 e. The SMILES string of the molecule is CC(C)(C)OC(=O)N1CCn2c(nnc2C2CCCC2)CC1(C)C. The molecule has 24 heavy (non-hydrogen) atoms. The van der Waals surface area contributed by atoms with Crippen molar-refractivity contribution < 1.29 is 9.53 Å². The van der Waals surface area contributed by atoms with Crippen LogP contribution >= 0.6 is 0 Å². The summed E-state index contributed by atoms with van der Waals surface area (Å²) in [5.74, 6) is 2.64. The molecule has 0 N–H and O–H groups in total. The molecule has 6 nitrogen and oxygen atoms in total. The van der Waals surface area contributed by atoms with Crippen LogP contribution in [0, 0.1) is 0 Å². The van der Waals surface area contributed by atoms with Crippen molar-refractivity contribution in [3.8, 4) is 0 Å². The lowest BCUT2D eigenvalue weighted by atomic mass is 9.98. The third kappa shape index (κ3) is 3.42. The predicted octanol–water partition coefficient (Wildman–Crippen LogP) is 3.51. The number of aromatic nitrogens is 3. The van der Waals surface area contributed by atoms with Crippen LogP contribution in [0.3, 0.4) is 0 Å². The van der Waals surface area contributed by atoms with Gasteiger partial charge < -0.3 is 14.2 Å². The molecule has 0 atom stereocenters. The van der Waals surface area contributed by atoms with E-state index in [1.54, 1.807) is 0 Å². The fourth-order valence-electron chi connectivity index (χ4n) is 3.85. The number of carbonyl (C=O) groups is 1. The number of carbonyl (C=O) groups excluding carboxylic acids is 1. The Morgan fingerprint density at radius 2 is 1.83 bits per heavy atom. The highest BCUT2D eigenvalue weighted by Crippen LogP contribution is 2.35. The zero-order chi connectivity index (χ0) is 17.5. The molecule has 0 radical (unpaired) electrons.